The molecule has 0 radical (unpaired) electrons. The molecule has 0 saturated heterocycles. The highest BCUT2D eigenvalue weighted by atomic mass is 35.5. The van der Waals surface area contributed by atoms with Gasteiger partial charge in [0.15, 0.2) is 5.82 Å². The summed E-state index contributed by atoms with van der Waals surface area (Å²) in [5.74, 6) is 0.654. The number of amides is 1. The molecule has 4 heterocycles. The number of thiophene rings is 1. The number of carbonyl (C=O) groups excluding carboxylic acids is 1. The normalized spacial score (nSPS) is 19.0. The van der Waals surface area contributed by atoms with Crippen LogP contribution in [0.4, 0.5) is 0 Å². The van der Waals surface area contributed by atoms with Crippen molar-refractivity contribution in [2.24, 2.45) is 4.99 Å². The third-order valence-corrected chi connectivity index (χ3v) is 9.64. The SMILES string of the molecule is Cc1sc2c(c1C)C(c1ccc(Cl)cc1)=N[C@@H](CC(=O)N[C@H]1C[C@@H](Oc3ccc4oc(C(=O)O)cc4c3)C1)c1nnc(C)n1-2. The van der Waals surface area contributed by atoms with E-state index < -0.39 is 12.0 Å². The molecule has 0 bridgehead atoms. The van der Waals surface area contributed by atoms with Gasteiger partial charge in [0.2, 0.25) is 11.7 Å². The summed E-state index contributed by atoms with van der Waals surface area (Å²) >= 11 is 7.88. The highest BCUT2D eigenvalue weighted by Crippen LogP contribution is 2.40. The lowest BCUT2D eigenvalue weighted by Crippen LogP contribution is -2.49. The molecule has 1 amide bonds. The molecule has 0 unspecified atom stereocenters. The first-order valence-electron chi connectivity index (χ1n) is 14.2. The van der Waals surface area contributed by atoms with Gasteiger partial charge in [-0.15, -0.1) is 21.5 Å². The second-order valence-electron chi connectivity index (χ2n) is 11.2. The van der Waals surface area contributed by atoms with Crippen LogP contribution in [-0.4, -0.2) is 49.6 Å². The number of carboxylic acid groups (broad SMARTS) is 1. The van der Waals surface area contributed by atoms with Crippen molar-refractivity contribution >= 4 is 51.5 Å². The first kappa shape index (κ1) is 28.3. The molecule has 10 nitrogen and oxygen atoms in total. The van der Waals surface area contributed by atoms with Crippen LogP contribution in [0.3, 0.4) is 0 Å². The van der Waals surface area contributed by atoms with Crippen molar-refractivity contribution in [3.8, 4) is 10.8 Å². The maximum atomic E-state index is 13.4. The Bertz CT molecular complexity index is 1970. The lowest BCUT2D eigenvalue weighted by Gasteiger charge is -2.36. The molecule has 44 heavy (non-hydrogen) atoms. The molecule has 1 atom stereocenters. The van der Waals surface area contributed by atoms with Crippen LogP contribution >= 0.6 is 22.9 Å². The number of carbonyl (C=O) groups is 2. The monoisotopic (exact) mass is 629 g/mol. The molecule has 2 aliphatic rings. The summed E-state index contributed by atoms with van der Waals surface area (Å²) in [6, 6.07) is 13.7. The maximum Gasteiger partial charge on any atom is 0.371 e. The zero-order valence-electron chi connectivity index (χ0n) is 24.1. The van der Waals surface area contributed by atoms with Crippen molar-refractivity contribution in [3.63, 3.8) is 0 Å². The van der Waals surface area contributed by atoms with E-state index in [1.165, 1.54) is 10.9 Å². The van der Waals surface area contributed by atoms with Gasteiger partial charge in [0.05, 0.1) is 12.1 Å². The van der Waals surface area contributed by atoms with Gasteiger partial charge < -0.3 is 19.6 Å². The van der Waals surface area contributed by atoms with Crippen LogP contribution in [0.15, 0.2) is 57.9 Å². The lowest BCUT2D eigenvalue weighted by atomic mass is 9.89. The Kier molecular flexibility index (Phi) is 7.01. The number of fused-ring (bicyclic) bond motifs is 4. The van der Waals surface area contributed by atoms with Crippen LogP contribution in [0, 0.1) is 20.8 Å². The molecule has 224 valence electrons. The molecule has 3 aromatic heterocycles. The lowest BCUT2D eigenvalue weighted by molar-refractivity contribution is -0.123. The average Bonchev–Trinajstić information content (AvgIpc) is 3.63. The second kappa shape index (κ2) is 10.9. The maximum absolute atomic E-state index is 13.4. The predicted molar refractivity (Wildman–Crippen MR) is 167 cm³/mol. The number of hydrogen-bond acceptors (Lipinski definition) is 8. The van der Waals surface area contributed by atoms with Crippen molar-refractivity contribution in [1.29, 1.82) is 0 Å². The Labute approximate surface area is 261 Å². The van der Waals surface area contributed by atoms with Crippen molar-refractivity contribution in [2.75, 3.05) is 0 Å². The summed E-state index contributed by atoms with van der Waals surface area (Å²) in [6.45, 7) is 6.11. The van der Waals surface area contributed by atoms with Crippen LogP contribution in [0.25, 0.3) is 16.0 Å². The van der Waals surface area contributed by atoms with Crippen LogP contribution in [0.2, 0.25) is 5.02 Å². The zero-order chi connectivity index (χ0) is 30.7. The van der Waals surface area contributed by atoms with Crippen molar-refractivity contribution in [2.45, 2.75) is 58.2 Å². The number of aryl methyl sites for hydroxylation is 2. The number of aromatic nitrogens is 3. The summed E-state index contributed by atoms with van der Waals surface area (Å²) in [5, 5.41) is 23.5. The van der Waals surface area contributed by atoms with Gasteiger partial charge in [0.25, 0.3) is 0 Å². The quantitative estimate of drug-likeness (QED) is 0.214. The van der Waals surface area contributed by atoms with Gasteiger partial charge in [-0.1, -0.05) is 23.7 Å². The van der Waals surface area contributed by atoms with Crippen LogP contribution < -0.4 is 10.1 Å². The first-order chi connectivity index (χ1) is 21.1. The highest BCUT2D eigenvalue weighted by Gasteiger charge is 2.35. The second-order valence-corrected chi connectivity index (χ2v) is 12.8. The number of benzene rings is 2. The van der Waals surface area contributed by atoms with Crippen molar-refractivity contribution in [1.82, 2.24) is 20.1 Å². The van der Waals surface area contributed by atoms with Gasteiger partial charge in [-0.05, 0) is 62.7 Å². The van der Waals surface area contributed by atoms with Crippen molar-refractivity contribution < 1.29 is 23.8 Å². The third-order valence-electron chi connectivity index (χ3n) is 8.20. The standard InChI is InChI=1S/C32H28ClN5O5S/c1-15-16(2)44-31-28(15)29(18-4-6-20(33)7-5-18)35-24(30-37-36-17(3)38(30)31)14-27(39)34-21-12-23(13-21)42-22-8-9-25-19(10-22)11-26(43-25)32(40)41/h4-11,21,23-24H,12-14H2,1-3H3,(H,34,39)(H,40,41)/t21-,23+,24-/m0/s1. The summed E-state index contributed by atoms with van der Waals surface area (Å²) in [4.78, 5) is 30.9. The van der Waals surface area contributed by atoms with Gasteiger partial charge in [-0.2, -0.15) is 0 Å². The number of rotatable bonds is 7. The molecule has 12 heteroatoms. The molecule has 7 rings (SSSR count). The number of furan rings is 1. The molecule has 5 aromatic rings. The summed E-state index contributed by atoms with van der Waals surface area (Å²) < 4.78 is 13.4. The number of nitrogens with one attached hydrogen (secondary N) is 1. The summed E-state index contributed by atoms with van der Waals surface area (Å²) in [6.07, 6.45) is 1.37. The molecule has 1 aliphatic carbocycles. The van der Waals surface area contributed by atoms with Gasteiger partial charge in [0, 0.05) is 45.3 Å². The van der Waals surface area contributed by atoms with E-state index in [0.717, 1.165) is 33.2 Å². The van der Waals surface area contributed by atoms with E-state index in [-0.39, 0.29) is 30.2 Å². The van der Waals surface area contributed by atoms with E-state index in [0.29, 0.717) is 40.4 Å². The van der Waals surface area contributed by atoms with Crippen LogP contribution in [-0.2, 0) is 4.79 Å². The number of halogens is 1. The zero-order valence-corrected chi connectivity index (χ0v) is 25.7. The number of aliphatic imine (C=N–C) groups is 1. The minimum absolute atomic E-state index is 0.0274. The number of ether oxygens (including phenoxy) is 1. The fourth-order valence-corrected chi connectivity index (χ4v) is 7.11. The van der Waals surface area contributed by atoms with Gasteiger partial charge in [-0.25, -0.2) is 4.79 Å². The van der Waals surface area contributed by atoms with E-state index in [4.69, 9.17) is 30.9 Å². The average molecular weight is 630 g/mol. The predicted octanol–water partition coefficient (Wildman–Crippen LogP) is 6.36. The molecule has 0 spiro atoms. The Hall–Kier alpha value is -4.48. The Morgan fingerprint density at radius 2 is 1.89 bits per heavy atom. The molecule has 1 fully saturated rings. The molecule has 1 saturated carbocycles. The number of hydrogen-bond donors (Lipinski definition) is 2. The first-order valence-corrected chi connectivity index (χ1v) is 15.4. The topological polar surface area (TPSA) is 132 Å². The van der Waals surface area contributed by atoms with Gasteiger partial charge in [0.1, 0.15) is 34.3 Å². The smallest absolute Gasteiger partial charge is 0.371 e. The van der Waals surface area contributed by atoms with Crippen molar-refractivity contribution in [3.05, 3.63) is 92.5 Å². The summed E-state index contributed by atoms with van der Waals surface area (Å²) in [5.41, 5.74) is 4.38. The number of carboxylic acids is 1. The van der Waals surface area contributed by atoms with E-state index in [9.17, 15) is 9.59 Å². The van der Waals surface area contributed by atoms with E-state index >= 15 is 0 Å². The Balaban J connectivity index is 1.07. The third kappa shape index (κ3) is 5.05. The molecule has 1 aliphatic heterocycles. The number of nitrogens with zero attached hydrogens (tertiary/aromatic N) is 4. The minimum atomic E-state index is -1.12. The molecular weight excluding hydrogens is 602 g/mol. The fourth-order valence-electron chi connectivity index (χ4n) is 5.77. The van der Waals surface area contributed by atoms with Gasteiger partial charge >= 0.3 is 5.97 Å². The Morgan fingerprint density at radius 3 is 2.64 bits per heavy atom. The van der Waals surface area contributed by atoms with Gasteiger partial charge in [-0.3, -0.25) is 14.4 Å². The van der Waals surface area contributed by atoms with E-state index in [1.807, 2.05) is 35.8 Å². The fraction of sp³-hybridized carbons (Fsp3) is 0.281. The van der Waals surface area contributed by atoms with E-state index in [1.54, 1.807) is 29.5 Å². The highest BCUT2D eigenvalue weighted by molar-refractivity contribution is 7.15. The minimum Gasteiger partial charge on any atom is -0.490 e. The molecule has 2 N–H and O–H groups in total. The molecule has 2 aromatic carbocycles. The Morgan fingerprint density at radius 1 is 1.11 bits per heavy atom. The molecular formula is C32H28ClN5O5S. The van der Waals surface area contributed by atoms with Crippen LogP contribution in [0.1, 0.15) is 69.1 Å². The number of aromatic carboxylic acids is 1. The van der Waals surface area contributed by atoms with E-state index in [2.05, 4.69) is 29.4 Å². The largest absolute Gasteiger partial charge is 0.490 e. The summed E-state index contributed by atoms with van der Waals surface area (Å²) in [7, 11) is 0. The van der Waals surface area contributed by atoms with Crippen LogP contribution in [0.5, 0.6) is 5.75 Å².